The van der Waals surface area contributed by atoms with Crippen LogP contribution in [0.4, 0.5) is 0 Å². The van der Waals surface area contributed by atoms with Crippen LogP contribution in [0.5, 0.6) is 0 Å². The van der Waals surface area contributed by atoms with Crippen LogP contribution >= 0.6 is 0 Å². The number of rotatable bonds is 10. The second-order valence-electron chi connectivity index (χ2n) is 10.00. The molecule has 0 aromatic carbocycles. The Bertz CT molecular complexity index is 1460. The number of nitrogens with one attached hydrogen (secondary N) is 1. The molecule has 4 heteroatoms. The fourth-order valence-electron chi connectivity index (χ4n) is 5.18. The predicted octanol–water partition coefficient (Wildman–Crippen LogP) is 8.81. The van der Waals surface area contributed by atoms with Gasteiger partial charge in [-0.1, -0.05) is 68.3 Å². The van der Waals surface area contributed by atoms with Gasteiger partial charge in [0.2, 0.25) is 0 Å². The van der Waals surface area contributed by atoms with Gasteiger partial charge in [0, 0.05) is 47.4 Å². The number of aromatic amines is 1. The number of nitriles is 1. The van der Waals surface area contributed by atoms with Gasteiger partial charge < -0.3 is 9.88 Å². The van der Waals surface area contributed by atoms with Crippen molar-refractivity contribution in [3.63, 3.8) is 0 Å². The van der Waals surface area contributed by atoms with Gasteiger partial charge in [0.05, 0.1) is 17.8 Å². The average molecular weight is 529 g/mol. The Morgan fingerprint density at radius 2 is 1.95 bits per heavy atom. The Labute approximate surface area is 240 Å². The standard InChI is InChI=1S/C36H40N4/c1-9-12-13-16-26(5)36(33-17-14-15-20-38-33)40-24-32(30(10-2)19-18-25(4)22-37)28(7)34(40)21-31(11-3)35-27(6)23-39-29(35)8/h9-21,23,32,36,39H,1-2,7,24H2,3-6,8H3/b13-12-,25-18+,26-16+,30-19+,31-11+,34-21+. The molecule has 0 saturated carbocycles. The maximum atomic E-state index is 9.29. The van der Waals surface area contributed by atoms with E-state index in [2.05, 4.69) is 93.9 Å². The number of hydrogen-bond acceptors (Lipinski definition) is 3. The zero-order valence-corrected chi connectivity index (χ0v) is 24.4. The highest BCUT2D eigenvalue weighted by atomic mass is 15.2. The smallest absolute Gasteiger partial charge is 0.0944 e. The first-order valence-electron chi connectivity index (χ1n) is 13.5. The Kier molecular flexibility index (Phi) is 10.4. The van der Waals surface area contributed by atoms with Gasteiger partial charge in [-0.15, -0.1) is 0 Å². The van der Waals surface area contributed by atoms with Gasteiger partial charge in [0.25, 0.3) is 0 Å². The second kappa shape index (κ2) is 14.0. The molecule has 2 atom stereocenters. The zero-order chi connectivity index (χ0) is 29.2. The molecule has 0 spiro atoms. The Hall–Kier alpha value is -4.62. The fourth-order valence-corrected chi connectivity index (χ4v) is 5.18. The lowest BCUT2D eigenvalue weighted by molar-refractivity contribution is 0.308. The molecule has 2 unspecified atom stereocenters. The molecule has 0 radical (unpaired) electrons. The monoisotopic (exact) mass is 528 g/mol. The molecule has 204 valence electrons. The van der Waals surface area contributed by atoms with Crippen molar-refractivity contribution < 1.29 is 0 Å². The van der Waals surface area contributed by atoms with E-state index >= 15 is 0 Å². The van der Waals surface area contributed by atoms with Crippen LogP contribution in [0.3, 0.4) is 0 Å². The minimum atomic E-state index is -0.113. The molecule has 1 N–H and O–H groups in total. The first-order valence-corrected chi connectivity index (χ1v) is 13.5. The SMILES string of the molecule is C=C/C=C\C=C(/C)C(c1ccccn1)N1CC(/C(C=C)=C/C=C(\C)C#N)C(=C)/C1=C\C(=C/C)c1c(C)c[nH]c1C. The second-order valence-corrected chi connectivity index (χ2v) is 10.00. The number of allylic oxidation sites excluding steroid dienone is 12. The number of aryl methyl sites for hydroxylation is 2. The number of likely N-dealkylation sites (tertiary alicyclic amines) is 1. The third kappa shape index (κ3) is 6.68. The largest absolute Gasteiger partial charge is 0.364 e. The molecule has 4 nitrogen and oxygen atoms in total. The molecule has 1 aliphatic rings. The summed E-state index contributed by atoms with van der Waals surface area (Å²) in [6, 6.07) is 8.14. The van der Waals surface area contributed by atoms with E-state index < -0.39 is 0 Å². The number of aromatic nitrogens is 2. The lowest BCUT2D eigenvalue weighted by Crippen LogP contribution is -2.27. The van der Waals surface area contributed by atoms with Crippen molar-refractivity contribution in [3.05, 3.63) is 156 Å². The van der Waals surface area contributed by atoms with Crippen molar-refractivity contribution in [2.45, 2.75) is 40.7 Å². The molecule has 40 heavy (non-hydrogen) atoms. The highest BCUT2D eigenvalue weighted by Gasteiger charge is 2.37. The van der Waals surface area contributed by atoms with Crippen LogP contribution in [-0.2, 0) is 0 Å². The van der Waals surface area contributed by atoms with Crippen molar-refractivity contribution in [1.29, 1.82) is 5.26 Å². The molecule has 3 heterocycles. The van der Waals surface area contributed by atoms with Crippen molar-refractivity contribution in [2.24, 2.45) is 5.92 Å². The highest BCUT2D eigenvalue weighted by molar-refractivity contribution is 5.79. The van der Waals surface area contributed by atoms with Gasteiger partial charge >= 0.3 is 0 Å². The molecular formula is C36H40N4. The highest BCUT2D eigenvalue weighted by Crippen LogP contribution is 2.44. The van der Waals surface area contributed by atoms with Crippen molar-refractivity contribution >= 4 is 5.57 Å². The third-order valence-corrected chi connectivity index (χ3v) is 7.26. The molecule has 1 fully saturated rings. The summed E-state index contributed by atoms with van der Waals surface area (Å²) >= 11 is 0. The molecular weight excluding hydrogens is 488 g/mol. The van der Waals surface area contributed by atoms with Gasteiger partial charge in [0.15, 0.2) is 0 Å². The van der Waals surface area contributed by atoms with Crippen LogP contribution in [0, 0.1) is 31.1 Å². The van der Waals surface area contributed by atoms with Crippen LogP contribution in [0.2, 0.25) is 0 Å². The Morgan fingerprint density at radius 1 is 1.18 bits per heavy atom. The number of nitrogens with zero attached hydrogens (tertiary/aromatic N) is 3. The van der Waals surface area contributed by atoms with Crippen LogP contribution in [-0.4, -0.2) is 21.4 Å². The maximum Gasteiger partial charge on any atom is 0.0944 e. The summed E-state index contributed by atoms with van der Waals surface area (Å²) in [5, 5.41) is 9.29. The topological polar surface area (TPSA) is 55.7 Å². The summed E-state index contributed by atoms with van der Waals surface area (Å²) in [4.78, 5) is 10.6. The average Bonchev–Trinajstić information content (AvgIpc) is 3.46. The number of hydrogen-bond donors (Lipinski definition) is 1. The molecule has 0 amide bonds. The summed E-state index contributed by atoms with van der Waals surface area (Å²) < 4.78 is 0. The van der Waals surface area contributed by atoms with E-state index in [0.717, 1.165) is 39.4 Å². The van der Waals surface area contributed by atoms with E-state index in [4.69, 9.17) is 4.98 Å². The number of pyridine rings is 1. The molecule has 1 saturated heterocycles. The lowest BCUT2D eigenvalue weighted by atomic mass is 9.91. The first kappa shape index (κ1) is 29.9. The van der Waals surface area contributed by atoms with Gasteiger partial charge in [-0.2, -0.15) is 5.26 Å². The summed E-state index contributed by atoms with van der Waals surface area (Å²) in [7, 11) is 0. The van der Waals surface area contributed by atoms with Gasteiger partial charge in [-0.3, -0.25) is 4.98 Å². The van der Waals surface area contributed by atoms with Gasteiger partial charge in [-0.05, 0) is 86.8 Å². The third-order valence-electron chi connectivity index (χ3n) is 7.26. The van der Waals surface area contributed by atoms with Crippen molar-refractivity contribution in [2.75, 3.05) is 6.54 Å². The minimum absolute atomic E-state index is 0.000692. The quantitative estimate of drug-likeness (QED) is 0.248. The minimum Gasteiger partial charge on any atom is -0.364 e. The van der Waals surface area contributed by atoms with Crippen LogP contribution in [0.15, 0.2) is 133 Å². The Balaban J connectivity index is 2.26. The van der Waals surface area contributed by atoms with Crippen LogP contribution < -0.4 is 0 Å². The summed E-state index contributed by atoms with van der Waals surface area (Å²) in [5.74, 6) is 0.000692. The van der Waals surface area contributed by atoms with Crippen molar-refractivity contribution in [1.82, 2.24) is 14.9 Å². The summed E-state index contributed by atoms with van der Waals surface area (Å²) in [6.07, 6.45) is 21.9. The van der Waals surface area contributed by atoms with Crippen LogP contribution in [0.25, 0.3) is 5.57 Å². The van der Waals surface area contributed by atoms with E-state index in [1.807, 2.05) is 48.7 Å². The van der Waals surface area contributed by atoms with E-state index in [0.29, 0.717) is 12.1 Å². The molecule has 0 bridgehead atoms. The van der Waals surface area contributed by atoms with Gasteiger partial charge in [-0.25, -0.2) is 0 Å². The number of H-pyrrole nitrogens is 1. The Morgan fingerprint density at radius 3 is 2.52 bits per heavy atom. The van der Waals surface area contributed by atoms with Gasteiger partial charge in [0.1, 0.15) is 0 Å². The summed E-state index contributed by atoms with van der Waals surface area (Å²) in [6.45, 7) is 23.5. The molecule has 1 aliphatic heterocycles. The van der Waals surface area contributed by atoms with Crippen molar-refractivity contribution in [3.8, 4) is 6.07 Å². The normalized spacial score (nSPS) is 18.9. The maximum absolute atomic E-state index is 9.29. The lowest BCUT2D eigenvalue weighted by Gasteiger charge is -2.32. The zero-order valence-electron chi connectivity index (χ0n) is 24.4. The molecule has 3 rings (SSSR count). The van der Waals surface area contributed by atoms with E-state index in [1.165, 1.54) is 11.1 Å². The fraction of sp³-hybridized carbons (Fsp3) is 0.222. The molecule has 0 aliphatic carbocycles. The van der Waals surface area contributed by atoms with E-state index in [9.17, 15) is 5.26 Å². The summed E-state index contributed by atoms with van der Waals surface area (Å²) in [5.41, 5.74) is 10.5. The van der Waals surface area contributed by atoms with E-state index in [1.54, 1.807) is 13.0 Å². The molecule has 2 aromatic heterocycles. The molecule has 2 aromatic rings. The van der Waals surface area contributed by atoms with Crippen LogP contribution in [0.1, 0.15) is 49.3 Å². The first-order chi connectivity index (χ1) is 19.3. The van der Waals surface area contributed by atoms with E-state index in [-0.39, 0.29) is 12.0 Å². The predicted molar refractivity (Wildman–Crippen MR) is 169 cm³/mol.